The number of anilines is 1. The van der Waals surface area contributed by atoms with E-state index in [0.717, 1.165) is 0 Å². The Morgan fingerprint density at radius 2 is 2.40 bits per heavy atom. The molecule has 0 aromatic heterocycles. The van der Waals surface area contributed by atoms with Crippen molar-refractivity contribution >= 4 is 23.2 Å². The minimum Gasteiger partial charge on any atom is -0.326 e. The maximum Gasteiger partial charge on any atom is 0.225 e. The van der Waals surface area contributed by atoms with Gasteiger partial charge in [-0.05, 0) is 25.1 Å². The zero-order valence-corrected chi connectivity index (χ0v) is 9.08. The Morgan fingerprint density at radius 3 is 3.00 bits per heavy atom. The number of nitriles is 1. The smallest absolute Gasteiger partial charge is 0.225 e. The fraction of sp³-hybridized carbons (Fsp3) is 0.273. The Labute approximate surface area is 93.7 Å². The van der Waals surface area contributed by atoms with Crippen LogP contribution in [-0.2, 0) is 4.79 Å². The highest BCUT2D eigenvalue weighted by Crippen LogP contribution is 2.15. The van der Waals surface area contributed by atoms with Crippen LogP contribution in [0.3, 0.4) is 0 Å². The standard InChI is InChI=1S/C11H11ClN2O/c1-8(7-13)5-11(15)14-10-4-2-3-9(12)6-10/h2-4,6,8H,5H2,1H3,(H,14,15). The summed E-state index contributed by atoms with van der Waals surface area (Å²) in [5.74, 6) is -0.449. The van der Waals surface area contributed by atoms with Crippen molar-refractivity contribution in [1.29, 1.82) is 5.26 Å². The van der Waals surface area contributed by atoms with E-state index < -0.39 is 0 Å². The fourth-order valence-electron chi connectivity index (χ4n) is 1.10. The van der Waals surface area contributed by atoms with Gasteiger partial charge in [0.25, 0.3) is 0 Å². The number of carbonyl (C=O) groups excluding carboxylic acids is 1. The normalized spacial score (nSPS) is 11.5. The van der Waals surface area contributed by atoms with Crippen molar-refractivity contribution in [2.45, 2.75) is 13.3 Å². The SMILES string of the molecule is CC(C#N)CC(=O)Nc1cccc(Cl)c1. The molecule has 0 heterocycles. The third kappa shape index (κ3) is 4.01. The molecule has 1 aromatic rings. The number of halogens is 1. The number of hydrogen-bond donors (Lipinski definition) is 1. The molecule has 0 fully saturated rings. The maximum absolute atomic E-state index is 11.4. The van der Waals surface area contributed by atoms with Gasteiger partial charge in [0.1, 0.15) is 0 Å². The second-order valence-corrected chi connectivity index (χ2v) is 3.73. The Kier molecular flexibility index (Phi) is 4.14. The Bertz CT molecular complexity index is 398. The average Bonchev–Trinajstić information content (AvgIpc) is 2.17. The quantitative estimate of drug-likeness (QED) is 0.855. The molecule has 3 nitrogen and oxygen atoms in total. The first kappa shape index (κ1) is 11.5. The van der Waals surface area contributed by atoms with E-state index in [1.54, 1.807) is 31.2 Å². The first-order valence-electron chi connectivity index (χ1n) is 4.57. The van der Waals surface area contributed by atoms with Crippen molar-refractivity contribution in [1.82, 2.24) is 0 Å². The van der Waals surface area contributed by atoms with Crippen LogP contribution in [-0.4, -0.2) is 5.91 Å². The van der Waals surface area contributed by atoms with Gasteiger partial charge in [0.05, 0.1) is 12.0 Å². The largest absolute Gasteiger partial charge is 0.326 e. The van der Waals surface area contributed by atoms with E-state index in [2.05, 4.69) is 5.32 Å². The third-order valence-electron chi connectivity index (χ3n) is 1.82. The molecule has 78 valence electrons. The molecule has 0 aliphatic rings. The summed E-state index contributed by atoms with van der Waals surface area (Å²) in [5.41, 5.74) is 0.651. The van der Waals surface area contributed by atoms with Gasteiger partial charge in [-0.1, -0.05) is 17.7 Å². The molecule has 0 aliphatic carbocycles. The first-order chi connectivity index (χ1) is 7.11. The van der Waals surface area contributed by atoms with Crippen LogP contribution in [0, 0.1) is 17.2 Å². The van der Waals surface area contributed by atoms with Crippen LogP contribution < -0.4 is 5.32 Å². The first-order valence-corrected chi connectivity index (χ1v) is 4.94. The van der Waals surface area contributed by atoms with Gasteiger partial charge in [-0.15, -0.1) is 0 Å². The third-order valence-corrected chi connectivity index (χ3v) is 2.06. The summed E-state index contributed by atoms with van der Waals surface area (Å²) in [6, 6.07) is 8.91. The minimum absolute atomic E-state index is 0.175. The second-order valence-electron chi connectivity index (χ2n) is 3.29. The molecule has 1 rings (SSSR count). The number of nitrogens with one attached hydrogen (secondary N) is 1. The Balaban J connectivity index is 2.56. The van der Waals surface area contributed by atoms with E-state index in [-0.39, 0.29) is 18.2 Å². The Hall–Kier alpha value is -1.53. The van der Waals surface area contributed by atoms with E-state index in [1.165, 1.54) is 0 Å². The number of amides is 1. The average molecular weight is 223 g/mol. The summed E-state index contributed by atoms with van der Waals surface area (Å²) in [7, 11) is 0. The van der Waals surface area contributed by atoms with Crippen molar-refractivity contribution in [3.63, 3.8) is 0 Å². The fourth-order valence-corrected chi connectivity index (χ4v) is 1.29. The molecule has 0 bridgehead atoms. The molecule has 4 heteroatoms. The summed E-state index contributed by atoms with van der Waals surface area (Å²) >= 11 is 5.76. The van der Waals surface area contributed by atoms with E-state index >= 15 is 0 Å². The molecule has 0 radical (unpaired) electrons. The van der Waals surface area contributed by atoms with Gasteiger partial charge in [0.2, 0.25) is 5.91 Å². The molecule has 0 saturated heterocycles. The minimum atomic E-state index is -0.274. The van der Waals surface area contributed by atoms with Crippen LogP contribution in [0.4, 0.5) is 5.69 Å². The monoisotopic (exact) mass is 222 g/mol. The van der Waals surface area contributed by atoms with Gasteiger partial charge < -0.3 is 5.32 Å². The van der Waals surface area contributed by atoms with Gasteiger partial charge in [-0.3, -0.25) is 4.79 Å². The molecule has 1 amide bonds. The highest BCUT2D eigenvalue weighted by molar-refractivity contribution is 6.30. The Morgan fingerprint density at radius 1 is 1.67 bits per heavy atom. The number of hydrogen-bond acceptors (Lipinski definition) is 2. The van der Waals surface area contributed by atoms with Crippen LogP contribution in [0.2, 0.25) is 5.02 Å². The summed E-state index contributed by atoms with van der Waals surface area (Å²) in [6.45, 7) is 1.71. The van der Waals surface area contributed by atoms with Crippen molar-refractivity contribution in [2.24, 2.45) is 5.92 Å². The number of benzene rings is 1. The number of rotatable bonds is 3. The molecule has 1 N–H and O–H groups in total. The lowest BCUT2D eigenvalue weighted by molar-refractivity contribution is -0.116. The summed E-state index contributed by atoms with van der Waals surface area (Å²) < 4.78 is 0. The lowest BCUT2D eigenvalue weighted by Crippen LogP contribution is -2.14. The zero-order chi connectivity index (χ0) is 11.3. The highest BCUT2D eigenvalue weighted by Gasteiger charge is 2.07. The molecule has 1 unspecified atom stereocenters. The molecular formula is C11H11ClN2O. The predicted molar refractivity (Wildman–Crippen MR) is 59.5 cm³/mol. The topological polar surface area (TPSA) is 52.9 Å². The van der Waals surface area contributed by atoms with Gasteiger partial charge in [0, 0.05) is 17.1 Å². The van der Waals surface area contributed by atoms with Crippen LogP contribution in [0.15, 0.2) is 24.3 Å². The van der Waals surface area contributed by atoms with Crippen molar-refractivity contribution in [3.8, 4) is 6.07 Å². The van der Waals surface area contributed by atoms with Crippen molar-refractivity contribution in [3.05, 3.63) is 29.3 Å². The van der Waals surface area contributed by atoms with E-state index in [9.17, 15) is 4.79 Å². The van der Waals surface area contributed by atoms with E-state index in [0.29, 0.717) is 10.7 Å². The summed E-state index contributed by atoms with van der Waals surface area (Å²) in [4.78, 5) is 11.4. The van der Waals surface area contributed by atoms with Gasteiger partial charge in [0.15, 0.2) is 0 Å². The molecule has 0 aliphatic heterocycles. The zero-order valence-electron chi connectivity index (χ0n) is 8.33. The van der Waals surface area contributed by atoms with Crippen LogP contribution in [0.1, 0.15) is 13.3 Å². The molecule has 0 saturated carbocycles. The molecule has 15 heavy (non-hydrogen) atoms. The molecule has 0 spiro atoms. The number of carbonyl (C=O) groups is 1. The van der Waals surface area contributed by atoms with Crippen LogP contribution in [0.25, 0.3) is 0 Å². The predicted octanol–water partition coefficient (Wildman–Crippen LogP) is 2.83. The van der Waals surface area contributed by atoms with Gasteiger partial charge in [-0.25, -0.2) is 0 Å². The van der Waals surface area contributed by atoms with E-state index in [1.807, 2.05) is 6.07 Å². The van der Waals surface area contributed by atoms with Crippen LogP contribution >= 0.6 is 11.6 Å². The lowest BCUT2D eigenvalue weighted by Gasteiger charge is -2.05. The second kappa shape index (κ2) is 5.38. The molecule has 1 atom stereocenters. The van der Waals surface area contributed by atoms with Crippen molar-refractivity contribution < 1.29 is 4.79 Å². The highest BCUT2D eigenvalue weighted by atomic mass is 35.5. The number of nitrogens with zero attached hydrogens (tertiary/aromatic N) is 1. The lowest BCUT2D eigenvalue weighted by atomic mass is 10.1. The molecular weight excluding hydrogens is 212 g/mol. The van der Waals surface area contributed by atoms with Gasteiger partial charge in [-0.2, -0.15) is 5.26 Å². The molecule has 1 aromatic carbocycles. The maximum atomic E-state index is 11.4. The summed E-state index contributed by atoms with van der Waals surface area (Å²) in [5, 5.41) is 11.8. The van der Waals surface area contributed by atoms with E-state index in [4.69, 9.17) is 16.9 Å². The van der Waals surface area contributed by atoms with Crippen LogP contribution in [0.5, 0.6) is 0 Å². The summed E-state index contributed by atoms with van der Waals surface area (Å²) in [6.07, 6.45) is 0.197. The van der Waals surface area contributed by atoms with Crippen molar-refractivity contribution in [2.75, 3.05) is 5.32 Å². The van der Waals surface area contributed by atoms with Gasteiger partial charge >= 0.3 is 0 Å².